The maximum Gasteiger partial charge on any atom is 0.278 e. The Labute approximate surface area is 225 Å². The van der Waals surface area contributed by atoms with Crippen molar-refractivity contribution < 1.29 is 19.1 Å². The Morgan fingerprint density at radius 2 is 1.97 bits per heavy atom. The van der Waals surface area contributed by atoms with Crippen LogP contribution in [0.5, 0.6) is 11.5 Å². The van der Waals surface area contributed by atoms with E-state index in [0.717, 1.165) is 38.1 Å². The quantitative estimate of drug-likeness (QED) is 0.260. The molecule has 0 aliphatic carbocycles. The van der Waals surface area contributed by atoms with Crippen molar-refractivity contribution in [2.75, 3.05) is 13.7 Å². The van der Waals surface area contributed by atoms with Crippen molar-refractivity contribution in [3.8, 4) is 28.1 Å². The highest BCUT2D eigenvalue weighted by Crippen LogP contribution is 2.36. The first kappa shape index (κ1) is 25.0. The minimum atomic E-state index is -0.505. The number of para-hydroxylation sites is 1. The third-order valence-electron chi connectivity index (χ3n) is 5.33. The second-order valence-electron chi connectivity index (χ2n) is 7.89. The largest absolute Gasteiger partial charge is 0.493 e. The molecule has 5 rings (SSSR count). The lowest BCUT2D eigenvalue weighted by Crippen LogP contribution is -2.28. The van der Waals surface area contributed by atoms with E-state index in [4.69, 9.17) is 14.7 Å². The minimum Gasteiger partial charge on any atom is -0.493 e. The number of thiazole rings is 1. The van der Waals surface area contributed by atoms with Gasteiger partial charge in [0.15, 0.2) is 23.3 Å². The number of carbonyl (C=O) groups is 2. The van der Waals surface area contributed by atoms with Gasteiger partial charge in [0.05, 0.1) is 33.9 Å². The fraction of sp³-hybridized carbons (Fsp3) is 0.0741. The summed E-state index contributed by atoms with van der Waals surface area (Å²) < 4.78 is 12.2. The molecule has 1 saturated heterocycles. The molecular weight excluding hydrogens is 522 g/mol. The number of amides is 2. The molecule has 1 aromatic heterocycles. The van der Waals surface area contributed by atoms with Crippen LogP contribution in [0.2, 0.25) is 0 Å². The summed E-state index contributed by atoms with van der Waals surface area (Å²) in [5, 5.41) is 16.6. The van der Waals surface area contributed by atoms with Gasteiger partial charge in [-0.05, 0) is 65.9 Å². The van der Waals surface area contributed by atoms with Crippen LogP contribution in [0.1, 0.15) is 11.1 Å². The van der Waals surface area contributed by atoms with E-state index < -0.39 is 5.91 Å². The van der Waals surface area contributed by atoms with Crippen LogP contribution in [0.4, 0.5) is 0 Å². The summed E-state index contributed by atoms with van der Waals surface area (Å²) in [6.45, 7) is -0.305. The molecule has 1 fully saturated rings. The lowest BCUT2D eigenvalue weighted by molar-refractivity contribution is -0.123. The molecule has 0 bridgehead atoms. The Bertz CT molecular complexity index is 1600. The van der Waals surface area contributed by atoms with Gasteiger partial charge in [-0.1, -0.05) is 24.3 Å². The Morgan fingerprint density at radius 3 is 2.74 bits per heavy atom. The van der Waals surface area contributed by atoms with E-state index in [-0.39, 0.29) is 17.7 Å². The van der Waals surface area contributed by atoms with Gasteiger partial charge in [-0.2, -0.15) is 5.26 Å². The highest BCUT2D eigenvalue weighted by Gasteiger charge is 2.24. The van der Waals surface area contributed by atoms with Gasteiger partial charge in [0.25, 0.3) is 11.8 Å². The van der Waals surface area contributed by atoms with Crippen molar-refractivity contribution in [3.63, 3.8) is 0 Å². The van der Waals surface area contributed by atoms with Crippen LogP contribution in [0, 0.1) is 11.3 Å². The number of ether oxygens (including phenoxy) is 2. The van der Waals surface area contributed by atoms with E-state index in [1.807, 2.05) is 42.5 Å². The molecule has 4 aromatic rings. The molecule has 1 aliphatic rings. The van der Waals surface area contributed by atoms with Gasteiger partial charge in [0.2, 0.25) is 0 Å². The number of benzene rings is 3. The third kappa shape index (κ3) is 5.67. The summed E-state index contributed by atoms with van der Waals surface area (Å²) in [6, 6.07) is 22.2. The molecule has 2 N–H and O–H groups in total. The smallest absolute Gasteiger partial charge is 0.278 e. The predicted octanol–water partition coefficient (Wildman–Crippen LogP) is 4.51. The zero-order valence-electron chi connectivity index (χ0n) is 19.9. The Hall–Kier alpha value is -4.66. The number of hydrogen-bond donors (Lipinski definition) is 2. The van der Waals surface area contributed by atoms with Crippen molar-refractivity contribution >= 4 is 56.4 Å². The number of nitrogens with zero attached hydrogens (tertiary/aromatic N) is 3. The first-order chi connectivity index (χ1) is 18.5. The van der Waals surface area contributed by atoms with Crippen LogP contribution in [0.15, 0.2) is 76.7 Å². The molecule has 2 amide bonds. The van der Waals surface area contributed by atoms with Crippen molar-refractivity contribution in [3.05, 3.63) is 82.8 Å². The van der Waals surface area contributed by atoms with Gasteiger partial charge < -0.3 is 9.47 Å². The van der Waals surface area contributed by atoms with Gasteiger partial charge >= 0.3 is 0 Å². The third-order valence-corrected chi connectivity index (χ3v) is 7.33. The predicted molar refractivity (Wildman–Crippen MR) is 148 cm³/mol. The maximum atomic E-state index is 12.3. The fourth-order valence-electron chi connectivity index (χ4n) is 3.49. The molecule has 188 valence electrons. The van der Waals surface area contributed by atoms with Gasteiger partial charge in [-0.3, -0.25) is 14.9 Å². The number of hydrogen-bond acceptors (Lipinski definition) is 9. The fourth-order valence-corrected chi connectivity index (χ4v) is 5.23. The topological polar surface area (TPSA) is 126 Å². The van der Waals surface area contributed by atoms with Crippen LogP contribution >= 0.6 is 23.1 Å². The zero-order valence-corrected chi connectivity index (χ0v) is 21.6. The molecule has 38 heavy (non-hydrogen) atoms. The Balaban J connectivity index is 1.19. The van der Waals surface area contributed by atoms with Gasteiger partial charge in [0, 0.05) is 5.56 Å². The summed E-state index contributed by atoms with van der Waals surface area (Å²) >= 11 is 2.67. The number of nitrogens with one attached hydrogen (secondary N) is 2. The van der Waals surface area contributed by atoms with E-state index in [0.29, 0.717) is 22.0 Å². The molecule has 0 unspecified atom stereocenters. The summed E-state index contributed by atoms with van der Waals surface area (Å²) in [5.74, 6) is 0.0316. The lowest BCUT2D eigenvalue weighted by atomic mass is 10.1. The van der Waals surface area contributed by atoms with Crippen LogP contribution in [-0.4, -0.2) is 35.7 Å². The van der Waals surface area contributed by atoms with E-state index in [1.54, 1.807) is 47.7 Å². The normalized spacial score (nSPS) is 14.9. The van der Waals surface area contributed by atoms with Crippen LogP contribution in [0.3, 0.4) is 0 Å². The molecule has 0 spiro atoms. The molecule has 0 radical (unpaired) electrons. The second kappa shape index (κ2) is 11.2. The second-order valence-corrected chi connectivity index (χ2v) is 9.95. The maximum absolute atomic E-state index is 12.3. The average Bonchev–Trinajstić information content (AvgIpc) is 3.54. The van der Waals surface area contributed by atoms with E-state index in [9.17, 15) is 9.59 Å². The lowest BCUT2D eigenvalue weighted by Gasteiger charge is -2.11. The Kier molecular flexibility index (Phi) is 7.35. The summed E-state index contributed by atoms with van der Waals surface area (Å²) in [5.41, 5.74) is 5.49. The van der Waals surface area contributed by atoms with E-state index in [1.165, 1.54) is 7.11 Å². The molecule has 9 nitrogen and oxygen atoms in total. The zero-order chi connectivity index (χ0) is 26.5. The number of thioether (sulfide) groups is 1. The minimum absolute atomic E-state index is 0.237. The van der Waals surface area contributed by atoms with Crippen molar-refractivity contribution in [2.45, 2.75) is 0 Å². The van der Waals surface area contributed by atoms with Gasteiger partial charge in [-0.25, -0.2) is 10.4 Å². The number of aromatic nitrogens is 1. The van der Waals surface area contributed by atoms with Gasteiger partial charge in [0.1, 0.15) is 5.01 Å². The highest BCUT2D eigenvalue weighted by molar-refractivity contribution is 8.18. The molecular formula is C27H19N5O4S2. The monoisotopic (exact) mass is 541 g/mol. The number of nitriles is 1. The molecule has 1 aliphatic heterocycles. The first-order valence-electron chi connectivity index (χ1n) is 11.3. The number of hydrazone groups is 1. The van der Waals surface area contributed by atoms with Crippen LogP contribution in [0.25, 0.3) is 26.9 Å². The molecule has 11 heteroatoms. The summed E-state index contributed by atoms with van der Waals surface area (Å²) in [4.78, 5) is 29.6. The number of rotatable bonds is 7. The van der Waals surface area contributed by atoms with Crippen molar-refractivity contribution in [2.24, 2.45) is 5.10 Å². The summed E-state index contributed by atoms with van der Waals surface area (Å²) in [7, 11) is 1.53. The van der Waals surface area contributed by atoms with Crippen LogP contribution < -0.4 is 20.2 Å². The molecule has 3 aromatic carbocycles. The standard InChI is InChI=1S/C27H19N5O4S2/c1-35-21-13-18(26-29-19-4-2-3-5-22(19)37-26)10-11-20(21)36-15-24(33)31-32-27-30-25(34)23(38-27)12-16-6-8-17(14-28)9-7-16/h2-13H,15H2,1H3,(H,31,33)(H,30,32,34)/b23-12-. The first-order valence-corrected chi connectivity index (χ1v) is 12.9. The molecule has 0 saturated carbocycles. The molecule has 0 atom stereocenters. The average molecular weight is 542 g/mol. The highest BCUT2D eigenvalue weighted by atomic mass is 32.2. The van der Waals surface area contributed by atoms with Crippen LogP contribution in [-0.2, 0) is 9.59 Å². The van der Waals surface area contributed by atoms with Crippen molar-refractivity contribution in [1.29, 1.82) is 5.26 Å². The van der Waals surface area contributed by atoms with E-state index >= 15 is 0 Å². The Morgan fingerprint density at radius 1 is 1.16 bits per heavy atom. The number of amidine groups is 1. The van der Waals surface area contributed by atoms with Crippen molar-refractivity contribution in [1.82, 2.24) is 15.7 Å². The molecule has 2 heterocycles. The summed E-state index contributed by atoms with van der Waals surface area (Å²) in [6.07, 6.45) is 1.68. The number of carbonyl (C=O) groups excluding carboxylic acids is 2. The SMILES string of the molecule is COc1cc(-c2nc3ccccc3s2)ccc1OCC(=O)N/N=C1\NC(=O)/C(=C/c2ccc(C#N)cc2)S1. The van der Waals surface area contributed by atoms with E-state index in [2.05, 4.69) is 20.8 Å². The number of methoxy groups -OCH3 is 1. The number of fused-ring (bicyclic) bond motifs is 1. The van der Waals surface area contributed by atoms with Gasteiger partial charge in [-0.15, -0.1) is 16.4 Å².